The zero-order valence-corrected chi connectivity index (χ0v) is 39.4. The Kier molecular flexibility index (Phi) is 11.8. The van der Waals surface area contributed by atoms with Gasteiger partial charge < -0.3 is 19.4 Å². The normalized spacial score (nSPS) is 14.3. The van der Waals surface area contributed by atoms with Crippen LogP contribution in [0.5, 0.6) is 11.5 Å². The molecule has 3 aromatic heterocycles. The summed E-state index contributed by atoms with van der Waals surface area (Å²) in [6.45, 7) is -1.96. The lowest BCUT2D eigenvalue weighted by atomic mass is 10.0. The lowest BCUT2D eigenvalue weighted by Crippen LogP contribution is -2.07. The predicted octanol–water partition coefficient (Wildman–Crippen LogP) is 18.1. The third kappa shape index (κ3) is 9.69. The molecule has 2 aliphatic heterocycles. The van der Waals surface area contributed by atoms with Gasteiger partial charge in [-0.25, -0.2) is 36.3 Å². The van der Waals surface area contributed by atoms with Crippen LogP contribution in [-0.4, -0.2) is 33.1 Å². The molecule has 0 atom stereocenters. The van der Waals surface area contributed by atoms with Crippen LogP contribution in [0, 0.1) is 82.9 Å². The molecule has 0 saturated heterocycles. The van der Waals surface area contributed by atoms with E-state index in [9.17, 15) is 38.9 Å². The van der Waals surface area contributed by atoms with Crippen LogP contribution in [0.4, 0.5) is 82.8 Å². The Morgan fingerprint density at radius 1 is 0.385 bits per heavy atom. The third-order valence-electron chi connectivity index (χ3n) is 11.5. The maximum absolute atomic E-state index is 16.5. The summed E-state index contributed by atoms with van der Waals surface area (Å²) < 4.78 is 313. The monoisotopic (exact) mass is 1150 g/mol. The Hall–Kier alpha value is -8.50. The van der Waals surface area contributed by atoms with Gasteiger partial charge in [-0.05, 0) is 96.1 Å². The number of rotatable bonds is 10. The average molecular weight is 1150 g/mol. The standard InChI is InChI=1S/C50H22F20N4O2S2/c1-3-13-75-49-45(57)41(53)39(42(54)46(49)58)37-31-9-5-27(71-31)35(21-15-23(51)19-25(17-21)77(61,62,63,64)65)29-7-11-33(73-29)38(40-43(55)47(59)50(76-14-4-2)48(60)44(40)56)34-12-8-30(74-34)36(28-6-10-32(37)72-28)22-16-24(52)20-26(18-22)78(66,67,68,69)70/h1-2,5-12,15-20,71,74H,13-14H2. The molecule has 4 aromatic carbocycles. The van der Waals surface area contributed by atoms with E-state index in [2.05, 4.69) is 29.4 Å². The largest absolute Gasteiger partial charge is 0.475 e. The highest BCUT2D eigenvalue weighted by Gasteiger charge is 2.66. The van der Waals surface area contributed by atoms with Crippen molar-refractivity contribution >= 4 is 66.8 Å². The number of terminal acetylenes is 2. The van der Waals surface area contributed by atoms with Gasteiger partial charge in [0, 0.05) is 44.3 Å². The molecule has 0 radical (unpaired) electrons. The van der Waals surface area contributed by atoms with Gasteiger partial charge in [-0.1, -0.05) is 50.7 Å². The first-order valence-electron chi connectivity index (χ1n) is 21.1. The zero-order chi connectivity index (χ0) is 57.1. The smallest absolute Gasteiger partial charge is 0.310 e. The fraction of sp³-hybridized carbons (Fsp3) is 0.0400. The van der Waals surface area contributed by atoms with E-state index in [0.29, 0.717) is 0 Å². The van der Waals surface area contributed by atoms with Crippen LogP contribution >= 0.6 is 20.4 Å². The fourth-order valence-electron chi connectivity index (χ4n) is 8.34. The molecule has 0 spiro atoms. The maximum atomic E-state index is 16.5. The molecular weight excluding hydrogens is 1130 g/mol. The van der Waals surface area contributed by atoms with E-state index in [1.807, 2.05) is 0 Å². The number of H-pyrrole nitrogens is 2. The molecule has 9 rings (SSSR count). The number of hydrogen-bond donors (Lipinski definition) is 2. The number of benzene rings is 4. The summed E-state index contributed by atoms with van der Waals surface area (Å²) >= 11 is 0. The molecule has 0 unspecified atom stereocenters. The summed E-state index contributed by atoms with van der Waals surface area (Å²) in [4.78, 5) is 7.41. The minimum Gasteiger partial charge on any atom is -0.475 e. The van der Waals surface area contributed by atoms with Gasteiger partial charge in [-0.15, -0.1) is 12.8 Å². The van der Waals surface area contributed by atoms with Crippen molar-refractivity contribution < 1.29 is 92.2 Å². The predicted molar refractivity (Wildman–Crippen MR) is 252 cm³/mol. The molecular formula is C50H22F20N4O2S2. The highest BCUT2D eigenvalue weighted by molar-refractivity contribution is 8.46. The van der Waals surface area contributed by atoms with Gasteiger partial charge in [-0.2, -0.15) is 17.6 Å². The minimum atomic E-state index is -10.9. The quantitative estimate of drug-likeness (QED) is 0.0813. The fourth-order valence-corrected chi connectivity index (χ4v) is 9.71. The van der Waals surface area contributed by atoms with E-state index in [-0.39, 0.29) is 24.3 Å². The second-order valence-electron chi connectivity index (χ2n) is 16.7. The lowest BCUT2D eigenvalue weighted by Gasteiger charge is -2.40. The first-order valence-corrected chi connectivity index (χ1v) is 25.0. The van der Waals surface area contributed by atoms with E-state index in [1.54, 1.807) is 11.8 Å². The van der Waals surface area contributed by atoms with Crippen LogP contribution in [0.3, 0.4) is 0 Å². The second kappa shape index (κ2) is 17.0. The van der Waals surface area contributed by atoms with Gasteiger partial charge in [-0.3, -0.25) is 0 Å². The van der Waals surface area contributed by atoms with Gasteiger partial charge in [0.05, 0.1) is 33.9 Å². The van der Waals surface area contributed by atoms with Gasteiger partial charge in [0.15, 0.2) is 34.8 Å². The van der Waals surface area contributed by atoms with Crippen LogP contribution in [-0.2, 0) is 0 Å². The molecule has 0 amide bonds. The molecule has 7 aromatic rings. The molecule has 406 valence electrons. The van der Waals surface area contributed by atoms with Crippen LogP contribution in [0.25, 0.3) is 90.9 Å². The van der Waals surface area contributed by atoms with Crippen molar-refractivity contribution in [1.82, 2.24) is 19.9 Å². The van der Waals surface area contributed by atoms with Crippen LogP contribution in [0.2, 0.25) is 0 Å². The SMILES string of the molecule is C#CCOc1c(F)c(F)c(-c2c3nc(c(-c4cc(F)cc(S(F)(F)(F)(F)F)c4)c4ccc([nH]4)c(-c4c(F)c(F)c(OCC#C)c(F)c4F)c4nc(c(-c5cc(F)cc(S(F)(F)(F)(F)F)c5)c5ccc2[nH]5)C=C4)C=C3)c(F)c1F. The van der Waals surface area contributed by atoms with Gasteiger partial charge >= 0.3 is 20.4 Å². The molecule has 2 N–H and O–H groups in total. The van der Waals surface area contributed by atoms with Crippen molar-refractivity contribution in [3.63, 3.8) is 0 Å². The number of aromatic amines is 2. The van der Waals surface area contributed by atoms with Crippen LogP contribution in [0.15, 0.2) is 70.5 Å². The number of hydrogen-bond acceptors (Lipinski definition) is 4. The van der Waals surface area contributed by atoms with E-state index >= 15 is 43.9 Å². The Balaban J connectivity index is 1.55. The molecule has 78 heavy (non-hydrogen) atoms. The topological polar surface area (TPSA) is 75.8 Å². The first kappa shape index (κ1) is 54.3. The summed E-state index contributed by atoms with van der Waals surface area (Å²) in [7, 11) is -21.7. The Bertz CT molecular complexity index is 3840. The van der Waals surface area contributed by atoms with Crippen molar-refractivity contribution in [2.45, 2.75) is 9.79 Å². The van der Waals surface area contributed by atoms with E-state index in [0.717, 1.165) is 48.6 Å². The number of nitrogens with zero attached hydrogens (tertiary/aromatic N) is 2. The molecule has 28 heteroatoms. The van der Waals surface area contributed by atoms with Gasteiger partial charge in [0.25, 0.3) is 0 Å². The minimum absolute atomic E-state index is 0.233. The summed E-state index contributed by atoms with van der Waals surface area (Å²) in [5, 5.41) is 0. The Labute approximate surface area is 423 Å². The summed E-state index contributed by atoms with van der Waals surface area (Å²) in [6, 6.07) is 1.75. The van der Waals surface area contributed by atoms with E-state index in [4.69, 9.17) is 12.8 Å². The highest BCUT2D eigenvalue weighted by Crippen LogP contribution is 3.03. The highest BCUT2D eigenvalue weighted by atomic mass is 32.5. The number of fused-ring (bicyclic) bond motifs is 8. The molecule has 8 bridgehead atoms. The average Bonchev–Trinajstić information content (AvgIpc) is 4.31. The van der Waals surface area contributed by atoms with E-state index < -0.39 is 215 Å². The molecule has 0 aliphatic carbocycles. The van der Waals surface area contributed by atoms with E-state index in [1.165, 1.54) is 0 Å². The number of aromatic nitrogens is 4. The first-order chi connectivity index (χ1) is 36.0. The second-order valence-corrected chi connectivity index (χ2v) is 21.5. The molecule has 0 fully saturated rings. The van der Waals surface area contributed by atoms with Crippen molar-refractivity contribution in [3.8, 4) is 80.7 Å². The lowest BCUT2D eigenvalue weighted by molar-refractivity contribution is 0.307. The Morgan fingerprint density at radius 2 is 0.667 bits per heavy atom. The molecule has 6 nitrogen and oxygen atoms in total. The van der Waals surface area contributed by atoms with Crippen LogP contribution in [0.1, 0.15) is 22.8 Å². The number of nitrogens with one attached hydrogen (secondary N) is 2. The van der Waals surface area contributed by atoms with Crippen LogP contribution < -0.4 is 9.47 Å². The number of ether oxygens (including phenoxy) is 2. The summed E-state index contributed by atoms with van der Waals surface area (Å²) in [5.74, 6) is -22.2. The summed E-state index contributed by atoms with van der Waals surface area (Å²) in [5.41, 5.74) is -16.5. The third-order valence-corrected chi connectivity index (χ3v) is 13.8. The number of halogens is 20. The molecule has 5 heterocycles. The van der Waals surface area contributed by atoms with Crippen molar-refractivity contribution in [2.24, 2.45) is 0 Å². The van der Waals surface area contributed by atoms with Crippen molar-refractivity contribution in [3.05, 3.63) is 142 Å². The maximum Gasteiger partial charge on any atom is 0.310 e. The van der Waals surface area contributed by atoms with Crippen molar-refractivity contribution in [2.75, 3.05) is 13.2 Å². The van der Waals surface area contributed by atoms with Gasteiger partial charge in [0.2, 0.25) is 23.3 Å². The molecule has 2 aliphatic rings. The van der Waals surface area contributed by atoms with Crippen molar-refractivity contribution in [1.29, 1.82) is 0 Å². The Morgan fingerprint density at radius 3 is 0.949 bits per heavy atom. The zero-order valence-electron chi connectivity index (χ0n) is 37.7. The summed E-state index contributed by atoms with van der Waals surface area (Å²) in [6.07, 6.45) is 13.0. The molecule has 0 saturated carbocycles. The van der Waals surface area contributed by atoms with Gasteiger partial charge in [0.1, 0.15) is 34.6 Å².